The Morgan fingerprint density at radius 3 is 2.28 bits per heavy atom. The van der Waals surface area contributed by atoms with Crippen molar-refractivity contribution in [1.82, 2.24) is 10.2 Å². The van der Waals surface area contributed by atoms with Crippen molar-refractivity contribution >= 4 is 5.91 Å². The van der Waals surface area contributed by atoms with Crippen LogP contribution in [0.15, 0.2) is 0 Å². The van der Waals surface area contributed by atoms with E-state index in [1.807, 2.05) is 11.9 Å². The molecule has 1 amide bonds. The van der Waals surface area contributed by atoms with Gasteiger partial charge in [0, 0.05) is 19.5 Å². The summed E-state index contributed by atoms with van der Waals surface area (Å²) >= 11 is 0. The fourth-order valence-electron chi connectivity index (χ4n) is 3.36. The zero-order valence-corrected chi connectivity index (χ0v) is 11.8. The second-order valence-corrected chi connectivity index (χ2v) is 6.05. The summed E-state index contributed by atoms with van der Waals surface area (Å²) in [5.41, 5.74) is 0. The highest BCUT2D eigenvalue weighted by Crippen LogP contribution is 2.26. The second kappa shape index (κ2) is 7.13. The van der Waals surface area contributed by atoms with Crippen LogP contribution in [-0.4, -0.2) is 37.0 Å². The van der Waals surface area contributed by atoms with Gasteiger partial charge in [0.2, 0.25) is 5.91 Å². The van der Waals surface area contributed by atoms with E-state index in [0.717, 1.165) is 32.4 Å². The minimum Gasteiger partial charge on any atom is -0.343 e. The molecule has 1 heterocycles. The summed E-state index contributed by atoms with van der Waals surface area (Å²) in [7, 11) is 2.01. The molecule has 2 fully saturated rings. The number of carbonyl (C=O) groups is 1. The van der Waals surface area contributed by atoms with Crippen molar-refractivity contribution in [2.45, 2.75) is 63.8 Å². The van der Waals surface area contributed by atoms with Crippen molar-refractivity contribution in [3.8, 4) is 0 Å². The van der Waals surface area contributed by atoms with Crippen LogP contribution in [0.5, 0.6) is 0 Å². The Kier molecular flexibility index (Phi) is 5.48. The van der Waals surface area contributed by atoms with E-state index >= 15 is 0 Å². The third-order valence-electron chi connectivity index (χ3n) is 4.69. The predicted molar refractivity (Wildman–Crippen MR) is 74.5 cm³/mol. The minimum atomic E-state index is 0.383. The first-order valence-electron chi connectivity index (χ1n) is 7.74. The third kappa shape index (κ3) is 3.98. The summed E-state index contributed by atoms with van der Waals surface area (Å²) in [6, 6.07) is 0.476. The number of hydrogen-bond acceptors (Lipinski definition) is 2. The van der Waals surface area contributed by atoms with Gasteiger partial charge >= 0.3 is 0 Å². The molecule has 0 unspecified atom stereocenters. The van der Waals surface area contributed by atoms with Crippen molar-refractivity contribution in [1.29, 1.82) is 0 Å². The Morgan fingerprint density at radius 1 is 1.06 bits per heavy atom. The van der Waals surface area contributed by atoms with Crippen LogP contribution in [0.3, 0.4) is 0 Å². The lowest BCUT2D eigenvalue weighted by molar-refractivity contribution is -0.133. The molecule has 1 N–H and O–H groups in total. The van der Waals surface area contributed by atoms with Gasteiger partial charge in [-0.1, -0.05) is 25.7 Å². The SMILES string of the molecule is CN(C(=O)CC1CCCCCC1)C1CCNCC1. The summed E-state index contributed by atoms with van der Waals surface area (Å²) in [6.07, 6.45) is 11.0. The maximum Gasteiger partial charge on any atom is 0.222 e. The van der Waals surface area contributed by atoms with Crippen LogP contribution in [0.25, 0.3) is 0 Å². The molecule has 0 spiro atoms. The van der Waals surface area contributed by atoms with Crippen LogP contribution in [0.4, 0.5) is 0 Å². The molecule has 0 aromatic heterocycles. The zero-order valence-electron chi connectivity index (χ0n) is 11.8. The molecule has 0 aromatic rings. The van der Waals surface area contributed by atoms with E-state index in [-0.39, 0.29) is 0 Å². The Labute approximate surface area is 111 Å². The zero-order chi connectivity index (χ0) is 12.8. The van der Waals surface area contributed by atoms with Gasteiger partial charge in [-0.05, 0) is 44.7 Å². The maximum atomic E-state index is 12.3. The molecule has 2 rings (SSSR count). The van der Waals surface area contributed by atoms with E-state index in [4.69, 9.17) is 0 Å². The lowest BCUT2D eigenvalue weighted by atomic mass is 9.95. The van der Waals surface area contributed by atoms with Gasteiger partial charge in [0.25, 0.3) is 0 Å². The highest BCUT2D eigenvalue weighted by molar-refractivity contribution is 5.76. The molecular weight excluding hydrogens is 224 g/mol. The smallest absolute Gasteiger partial charge is 0.222 e. The molecule has 1 saturated heterocycles. The molecule has 0 bridgehead atoms. The number of amides is 1. The topological polar surface area (TPSA) is 32.3 Å². The summed E-state index contributed by atoms with van der Waals surface area (Å²) in [5.74, 6) is 1.04. The Balaban J connectivity index is 1.78. The van der Waals surface area contributed by atoms with Crippen molar-refractivity contribution < 1.29 is 4.79 Å². The monoisotopic (exact) mass is 252 g/mol. The largest absolute Gasteiger partial charge is 0.343 e. The van der Waals surface area contributed by atoms with Gasteiger partial charge in [-0.25, -0.2) is 0 Å². The molecule has 3 heteroatoms. The Bertz CT molecular complexity index is 253. The van der Waals surface area contributed by atoms with Gasteiger partial charge in [-0.2, -0.15) is 0 Å². The van der Waals surface area contributed by atoms with Crippen LogP contribution in [0, 0.1) is 5.92 Å². The molecule has 1 aliphatic carbocycles. The highest BCUT2D eigenvalue weighted by atomic mass is 16.2. The number of carbonyl (C=O) groups excluding carboxylic acids is 1. The van der Waals surface area contributed by atoms with Crippen LogP contribution < -0.4 is 5.32 Å². The van der Waals surface area contributed by atoms with E-state index in [1.165, 1.54) is 38.5 Å². The third-order valence-corrected chi connectivity index (χ3v) is 4.69. The number of piperidine rings is 1. The van der Waals surface area contributed by atoms with Crippen molar-refractivity contribution in [3.05, 3.63) is 0 Å². The van der Waals surface area contributed by atoms with Gasteiger partial charge in [0.05, 0.1) is 0 Å². The first-order chi connectivity index (χ1) is 8.77. The van der Waals surface area contributed by atoms with E-state index in [0.29, 0.717) is 17.9 Å². The molecule has 1 aliphatic heterocycles. The normalized spacial score (nSPS) is 23.6. The average Bonchev–Trinajstić information content (AvgIpc) is 2.67. The molecule has 104 valence electrons. The Morgan fingerprint density at radius 2 is 1.67 bits per heavy atom. The summed E-state index contributed by atoms with van der Waals surface area (Å²) < 4.78 is 0. The van der Waals surface area contributed by atoms with E-state index in [1.54, 1.807) is 0 Å². The van der Waals surface area contributed by atoms with Crippen LogP contribution in [0.1, 0.15) is 57.8 Å². The van der Waals surface area contributed by atoms with Crippen LogP contribution >= 0.6 is 0 Å². The maximum absolute atomic E-state index is 12.3. The average molecular weight is 252 g/mol. The fraction of sp³-hybridized carbons (Fsp3) is 0.933. The predicted octanol–water partition coefficient (Wildman–Crippen LogP) is 2.56. The molecule has 2 aliphatic rings. The molecule has 18 heavy (non-hydrogen) atoms. The van der Waals surface area contributed by atoms with Gasteiger partial charge < -0.3 is 10.2 Å². The van der Waals surface area contributed by atoms with Gasteiger partial charge in [-0.15, -0.1) is 0 Å². The number of nitrogens with zero attached hydrogens (tertiary/aromatic N) is 1. The first-order valence-corrected chi connectivity index (χ1v) is 7.74. The minimum absolute atomic E-state index is 0.383. The summed E-state index contributed by atoms with van der Waals surface area (Å²) in [4.78, 5) is 14.4. The number of hydrogen-bond donors (Lipinski definition) is 1. The van der Waals surface area contributed by atoms with Crippen molar-refractivity contribution in [3.63, 3.8) is 0 Å². The van der Waals surface area contributed by atoms with Crippen molar-refractivity contribution in [2.24, 2.45) is 5.92 Å². The van der Waals surface area contributed by atoms with Crippen LogP contribution in [-0.2, 0) is 4.79 Å². The van der Waals surface area contributed by atoms with E-state index < -0.39 is 0 Å². The molecule has 0 atom stereocenters. The van der Waals surface area contributed by atoms with Gasteiger partial charge in [-0.3, -0.25) is 4.79 Å². The fourth-order valence-corrected chi connectivity index (χ4v) is 3.36. The summed E-state index contributed by atoms with van der Waals surface area (Å²) in [5, 5.41) is 3.36. The summed E-state index contributed by atoms with van der Waals surface area (Å²) in [6.45, 7) is 2.12. The van der Waals surface area contributed by atoms with E-state index in [9.17, 15) is 4.79 Å². The molecule has 3 nitrogen and oxygen atoms in total. The van der Waals surface area contributed by atoms with Gasteiger partial charge in [0.15, 0.2) is 0 Å². The molecule has 0 aromatic carbocycles. The molecular formula is C15H28N2O. The Hall–Kier alpha value is -0.570. The number of rotatable bonds is 3. The highest BCUT2D eigenvalue weighted by Gasteiger charge is 2.24. The molecule has 0 radical (unpaired) electrons. The second-order valence-electron chi connectivity index (χ2n) is 6.05. The lowest BCUT2D eigenvalue weighted by Crippen LogP contribution is -2.44. The quantitative estimate of drug-likeness (QED) is 0.783. The van der Waals surface area contributed by atoms with Crippen molar-refractivity contribution in [2.75, 3.05) is 20.1 Å². The number of nitrogens with one attached hydrogen (secondary N) is 1. The van der Waals surface area contributed by atoms with Gasteiger partial charge in [0.1, 0.15) is 0 Å². The van der Waals surface area contributed by atoms with E-state index in [2.05, 4.69) is 5.32 Å². The molecule has 1 saturated carbocycles. The standard InChI is InChI=1S/C15H28N2O/c1-17(14-8-10-16-11-9-14)15(18)12-13-6-4-2-3-5-7-13/h13-14,16H,2-12H2,1H3. The lowest BCUT2D eigenvalue weighted by Gasteiger charge is -2.32. The van der Waals surface area contributed by atoms with Crippen LogP contribution in [0.2, 0.25) is 0 Å². The first kappa shape index (κ1) is 13.9.